The molecule has 1 radical (unpaired) electrons. The summed E-state index contributed by atoms with van der Waals surface area (Å²) in [6.45, 7) is 4.38. The van der Waals surface area contributed by atoms with Gasteiger partial charge in [0.25, 0.3) is 0 Å². The van der Waals surface area contributed by atoms with Crippen molar-refractivity contribution in [1.29, 1.82) is 0 Å². The minimum atomic E-state index is 0. The number of rotatable bonds is 5. The van der Waals surface area contributed by atoms with Crippen molar-refractivity contribution in [2.75, 3.05) is 12.2 Å². The summed E-state index contributed by atoms with van der Waals surface area (Å²) in [5.41, 5.74) is 2.46. The third-order valence-electron chi connectivity index (χ3n) is 3.13. The Kier molecular flexibility index (Phi) is 8.40. The average Bonchev–Trinajstić information content (AvgIpc) is 2.48. The van der Waals surface area contributed by atoms with Crippen LogP contribution in [0.5, 0.6) is 5.75 Å². The Morgan fingerprint density at radius 1 is 1.41 bits per heavy atom. The fourth-order valence-electron chi connectivity index (χ4n) is 2.06. The van der Waals surface area contributed by atoms with Gasteiger partial charge in [0, 0.05) is 39.3 Å². The van der Waals surface area contributed by atoms with E-state index >= 15 is 0 Å². The van der Waals surface area contributed by atoms with E-state index in [4.69, 9.17) is 4.74 Å². The van der Waals surface area contributed by atoms with Gasteiger partial charge in [-0.2, -0.15) is 12.1 Å². The molecule has 1 heterocycles. The van der Waals surface area contributed by atoms with E-state index in [2.05, 4.69) is 22.0 Å². The van der Waals surface area contributed by atoms with Gasteiger partial charge in [-0.25, -0.2) is 0 Å². The molecule has 0 bridgehead atoms. The molecule has 115 valence electrons. The van der Waals surface area contributed by atoms with Crippen LogP contribution in [0.3, 0.4) is 0 Å². The van der Waals surface area contributed by atoms with Crippen LogP contribution < -0.4 is 10.3 Å². The molecule has 2 rings (SSSR count). The Labute approximate surface area is 168 Å². The molecular weight excluding hydrogens is 439 g/mol. The molecule has 0 N–H and O–H groups in total. The zero-order valence-corrected chi connectivity index (χ0v) is 18.1. The number of aryl methyl sites for hydroxylation is 1. The van der Waals surface area contributed by atoms with E-state index < -0.39 is 0 Å². The van der Waals surface area contributed by atoms with Crippen LogP contribution >= 0.6 is 27.7 Å². The molecule has 6 heteroatoms. The maximum atomic E-state index is 12.2. The summed E-state index contributed by atoms with van der Waals surface area (Å²) >= 11 is 5.18. The Hall–Kier alpha value is -0.0961. The molecule has 0 amide bonds. The molecule has 0 aliphatic heterocycles. The molecule has 22 heavy (non-hydrogen) atoms. The fourth-order valence-corrected chi connectivity index (χ4v) is 2.86. The van der Waals surface area contributed by atoms with Crippen molar-refractivity contribution >= 4 is 27.7 Å². The van der Waals surface area contributed by atoms with Gasteiger partial charge in [0.1, 0.15) is 11.7 Å². The minimum absolute atomic E-state index is 0. The Bertz CT molecular complexity index is 703. The summed E-state index contributed by atoms with van der Waals surface area (Å²) in [7, 11) is 0. The first-order valence-corrected chi connectivity index (χ1v) is 8.81. The van der Waals surface area contributed by atoms with Crippen LogP contribution in [-0.4, -0.2) is 16.8 Å². The van der Waals surface area contributed by atoms with Gasteiger partial charge in [-0.1, -0.05) is 39.7 Å². The summed E-state index contributed by atoms with van der Waals surface area (Å²) in [5.74, 6) is 1.42. The average molecular weight is 456 g/mol. The number of pyridine rings is 1. The molecule has 3 nitrogen and oxygen atoms in total. The number of benzene rings is 1. The molecule has 0 spiro atoms. The standard InChI is InChI=1S/C16H17BrNO2S.Y/c1-4-18-15(8-5-11(2)16(18)19)13-7-6-12(9-14(13)17)20-10-21-3;/h5-7,9H,4,10H2,1-3H3;/q-1;. The van der Waals surface area contributed by atoms with Crippen molar-refractivity contribution in [3.8, 4) is 17.0 Å². The van der Waals surface area contributed by atoms with Crippen molar-refractivity contribution in [3.05, 3.63) is 50.7 Å². The van der Waals surface area contributed by atoms with Gasteiger partial charge in [-0.05, 0) is 29.8 Å². The Balaban J connectivity index is 0.00000242. The second-order valence-corrected chi connectivity index (χ2v) is 6.23. The van der Waals surface area contributed by atoms with E-state index in [9.17, 15) is 4.79 Å². The zero-order chi connectivity index (χ0) is 15.4. The predicted molar refractivity (Wildman–Crippen MR) is 92.1 cm³/mol. The molecule has 1 aromatic heterocycles. The number of ether oxygens (including phenoxy) is 1. The van der Waals surface area contributed by atoms with Crippen molar-refractivity contribution in [1.82, 2.24) is 4.57 Å². The SMILES string of the molecule is CCn1c(-c2ccc(OCSC)cc2Br)[c-]cc(C)c1=O.[Y]. The maximum Gasteiger partial charge on any atom is 0.197 e. The van der Waals surface area contributed by atoms with Gasteiger partial charge in [-0.15, -0.1) is 17.8 Å². The maximum absolute atomic E-state index is 12.2. The van der Waals surface area contributed by atoms with Gasteiger partial charge in [0.2, 0.25) is 0 Å². The minimum Gasteiger partial charge on any atom is -0.483 e. The van der Waals surface area contributed by atoms with Gasteiger partial charge in [0.05, 0.1) is 0 Å². The second-order valence-electron chi connectivity index (χ2n) is 4.56. The summed E-state index contributed by atoms with van der Waals surface area (Å²) in [6.07, 6.45) is 1.99. The first kappa shape index (κ1) is 19.9. The van der Waals surface area contributed by atoms with Gasteiger partial charge in [0.15, 0.2) is 5.56 Å². The van der Waals surface area contributed by atoms with Crippen LogP contribution in [0.25, 0.3) is 11.3 Å². The number of aromatic nitrogens is 1. The van der Waals surface area contributed by atoms with Crippen LogP contribution in [0.4, 0.5) is 0 Å². The van der Waals surface area contributed by atoms with Crippen molar-refractivity contribution in [2.24, 2.45) is 0 Å². The number of halogens is 1. The molecule has 0 saturated heterocycles. The first-order chi connectivity index (χ1) is 10.1. The van der Waals surface area contributed by atoms with Crippen LogP contribution in [0, 0.1) is 13.0 Å². The normalized spacial score (nSPS) is 10.2. The molecule has 1 aromatic carbocycles. The van der Waals surface area contributed by atoms with Crippen LogP contribution in [0.1, 0.15) is 12.5 Å². The molecule has 0 aliphatic carbocycles. The summed E-state index contributed by atoms with van der Waals surface area (Å²) < 4.78 is 8.21. The van der Waals surface area contributed by atoms with E-state index in [1.165, 1.54) is 0 Å². The largest absolute Gasteiger partial charge is 0.483 e. The molecular formula is C16H17BrNO2SY-. The van der Waals surface area contributed by atoms with Crippen LogP contribution in [-0.2, 0) is 39.3 Å². The summed E-state index contributed by atoms with van der Waals surface area (Å²) in [6, 6.07) is 10.7. The second kappa shape index (κ2) is 9.26. The molecule has 0 saturated carbocycles. The van der Waals surface area contributed by atoms with E-state index in [-0.39, 0.29) is 38.3 Å². The Morgan fingerprint density at radius 3 is 2.73 bits per heavy atom. The predicted octanol–water partition coefficient (Wildman–Crippen LogP) is 4.10. The monoisotopic (exact) mass is 455 g/mol. The summed E-state index contributed by atoms with van der Waals surface area (Å²) in [4.78, 5) is 12.2. The summed E-state index contributed by atoms with van der Waals surface area (Å²) in [5, 5.41) is 0. The zero-order valence-electron chi connectivity index (χ0n) is 12.9. The third-order valence-corrected chi connectivity index (χ3v) is 4.14. The van der Waals surface area contributed by atoms with Crippen LogP contribution in [0.2, 0.25) is 0 Å². The van der Waals surface area contributed by atoms with Gasteiger partial charge < -0.3 is 9.30 Å². The number of hydrogen-bond acceptors (Lipinski definition) is 3. The number of thioether (sulfide) groups is 1. The Morgan fingerprint density at radius 2 is 2.14 bits per heavy atom. The molecule has 0 aliphatic rings. The topological polar surface area (TPSA) is 31.2 Å². The van der Waals surface area contributed by atoms with Crippen LogP contribution in [0.15, 0.2) is 33.5 Å². The van der Waals surface area contributed by atoms with Crippen molar-refractivity contribution < 1.29 is 37.4 Å². The first-order valence-electron chi connectivity index (χ1n) is 6.62. The molecule has 0 atom stereocenters. The van der Waals surface area contributed by atoms with Gasteiger partial charge >= 0.3 is 0 Å². The number of nitrogens with zero attached hydrogens (tertiary/aromatic N) is 1. The quantitative estimate of drug-likeness (QED) is 0.502. The molecule has 0 unspecified atom stereocenters. The third kappa shape index (κ3) is 4.47. The van der Waals surface area contributed by atoms with E-state index in [0.29, 0.717) is 18.0 Å². The fraction of sp³-hybridized carbons (Fsp3) is 0.312. The van der Waals surface area contributed by atoms with E-state index in [0.717, 1.165) is 21.5 Å². The van der Waals surface area contributed by atoms with Crippen molar-refractivity contribution in [2.45, 2.75) is 20.4 Å². The molecule has 0 fully saturated rings. The van der Waals surface area contributed by atoms with E-state index in [1.54, 1.807) is 22.4 Å². The number of hydrogen-bond donors (Lipinski definition) is 0. The van der Waals surface area contributed by atoms with Gasteiger partial charge in [-0.3, -0.25) is 4.79 Å². The van der Waals surface area contributed by atoms with Crippen molar-refractivity contribution in [3.63, 3.8) is 0 Å². The molecule has 2 aromatic rings. The smallest absolute Gasteiger partial charge is 0.197 e. The van der Waals surface area contributed by atoms with E-state index in [1.807, 2.05) is 38.3 Å².